The maximum absolute atomic E-state index is 12.5. The number of aliphatic carboxylic acids is 1. The summed E-state index contributed by atoms with van der Waals surface area (Å²) in [7, 11) is 0. The Morgan fingerprint density at radius 2 is 1.12 bits per heavy atom. The average Bonchev–Trinajstić information content (AvgIpc) is 2.97. The Hall–Kier alpha value is -2.88. The molecule has 0 saturated carbocycles. The van der Waals surface area contributed by atoms with Gasteiger partial charge in [0.1, 0.15) is 6.10 Å². The zero-order valence-corrected chi connectivity index (χ0v) is 26.8. The van der Waals surface area contributed by atoms with Gasteiger partial charge in [0.2, 0.25) is 0 Å². The summed E-state index contributed by atoms with van der Waals surface area (Å²) in [6.07, 6.45) is 47.6. The third kappa shape index (κ3) is 31.6. The summed E-state index contributed by atoms with van der Waals surface area (Å²) < 4.78 is 5.80. The number of hydrogen-bond donors (Lipinski definition) is 1. The highest BCUT2D eigenvalue weighted by atomic mass is 16.5. The van der Waals surface area contributed by atoms with E-state index in [1.165, 1.54) is 19.3 Å². The molecule has 42 heavy (non-hydrogen) atoms. The van der Waals surface area contributed by atoms with Crippen LogP contribution < -0.4 is 0 Å². The van der Waals surface area contributed by atoms with E-state index in [9.17, 15) is 9.59 Å². The van der Waals surface area contributed by atoms with E-state index < -0.39 is 5.97 Å². The lowest BCUT2D eigenvalue weighted by molar-refractivity contribution is -0.146. The molecule has 4 nitrogen and oxygen atoms in total. The van der Waals surface area contributed by atoms with Crippen molar-refractivity contribution in [2.24, 2.45) is 0 Å². The molecule has 0 saturated heterocycles. The quantitative estimate of drug-likeness (QED) is 0.0568. The molecule has 1 atom stereocenters. The van der Waals surface area contributed by atoms with Crippen molar-refractivity contribution in [1.29, 1.82) is 0 Å². The van der Waals surface area contributed by atoms with Crippen LogP contribution >= 0.6 is 0 Å². The SMILES string of the molecule is CC/C=C\C/C=C\C/C=C\C/C=C\C/C=C\CC(=O)OC(/C=C\C/C=C\CCCCC)CCCCCCCCC(=O)O. The molecule has 0 aliphatic rings. The second-order valence-corrected chi connectivity index (χ2v) is 10.6. The van der Waals surface area contributed by atoms with Crippen LogP contribution in [0.5, 0.6) is 0 Å². The van der Waals surface area contributed by atoms with Crippen LogP contribution in [0.2, 0.25) is 0 Å². The minimum Gasteiger partial charge on any atom is -0.481 e. The van der Waals surface area contributed by atoms with Gasteiger partial charge in [0.15, 0.2) is 0 Å². The molecule has 0 bridgehead atoms. The van der Waals surface area contributed by atoms with Gasteiger partial charge in [0, 0.05) is 6.42 Å². The highest BCUT2D eigenvalue weighted by molar-refractivity contribution is 5.71. The largest absolute Gasteiger partial charge is 0.481 e. The Kier molecular flexibility index (Phi) is 30.4. The number of esters is 1. The summed E-state index contributed by atoms with van der Waals surface area (Å²) in [5.41, 5.74) is 0. The highest BCUT2D eigenvalue weighted by Gasteiger charge is 2.10. The Balaban J connectivity index is 4.36. The normalized spacial score (nSPS) is 13.4. The molecule has 0 aliphatic heterocycles. The fourth-order valence-corrected chi connectivity index (χ4v) is 4.21. The van der Waals surface area contributed by atoms with E-state index >= 15 is 0 Å². The Morgan fingerprint density at radius 3 is 1.71 bits per heavy atom. The molecule has 0 spiro atoms. The predicted octanol–water partition coefficient (Wildman–Crippen LogP) is 11.3. The van der Waals surface area contributed by atoms with Gasteiger partial charge in [0.25, 0.3) is 0 Å². The number of hydrogen-bond acceptors (Lipinski definition) is 3. The van der Waals surface area contributed by atoms with E-state index in [1.807, 2.05) is 18.2 Å². The van der Waals surface area contributed by atoms with Crippen molar-refractivity contribution in [2.75, 3.05) is 0 Å². The second-order valence-electron chi connectivity index (χ2n) is 10.6. The standard InChI is InChI=1S/C38H60O4/c1-3-5-7-9-11-13-14-15-16-17-18-19-21-27-31-35-38(41)42-36(32-28-24-20-12-10-8-6-4-2)33-29-25-22-23-26-30-34-37(39)40/h5,7,11-13,15-16,18-20,27-28,31-32,36H,3-4,6,8-10,14,17,21-26,29-30,33-35H2,1-2H3,(H,39,40)/b7-5-,13-11-,16-15-,19-18-,20-12-,31-27-,32-28-. The first kappa shape index (κ1) is 39.1. The topological polar surface area (TPSA) is 63.6 Å². The zero-order chi connectivity index (χ0) is 30.8. The number of ether oxygens (including phenoxy) is 1. The van der Waals surface area contributed by atoms with Crippen LogP contribution in [-0.4, -0.2) is 23.1 Å². The summed E-state index contributed by atoms with van der Waals surface area (Å²) in [6, 6.07) is 0. The Morgan fingerprint density at radius 1 is 0.595 bits per heavy atom. The van der Waals surface area contributed by atoms with E-state index in [4.69, 9.17) is 9.84 Å². The molecule has 0 aromatic rings. The summed E-state index contributed by atoms with van der Waals surface area (Å²) in [6.45, 7) is 4.36. The van der Waals surface area contributed by atoms with Gasteiger partial charge >= 0.3 is 11.9 Å². The first-order valence-electron chi connectivity index (χ1n) is 16.6. The smallest absolute Gasteiger partial charge is 0.310 e. The maximum Gasteiger partial charge on any atom is 0.310 e. The van der Waals surface area contributed by atoms with Gasteiger partial charge in [-0.1, -0.05) is 131 Å². The van der Waals surface area contributed by atoms with Gasteiger partial charge in [-0.2, -0.15) is 0 Å². The van der Waals surface area contributed by atoms with E-state index in [1.54, 1.807) is 0 Å². The minimum atomic E-state index is -0.716. The summed E-state index contributed by atoms with van der Waals surface area (Å²) in [5.74, 6) is -0.901. The Bertz CT molecular complexity index is 841. The number of carbonyl (C=O) groups is 2. The van der Waals surface area contributed by atoms with Gasteiger partial charge in [0.05, 0.1) is 6.42 Å². The molecular formula is C38H60O4. The Labute approximate surface area is 258 Å². The minimum absolute atomic E-state index is 0.185. The molecule has 0 aromatic heterocycles. The number of carboxylic acids is 1. The maximum atomic E-state index is 12.5. The number of rotatable bonds is 28. The van der Waals surface area contributed by atoms with Gasteiger partial charge in [-0.3, -0.25) is 9.59 Å². The lowest BCUT2D eigenvalue weighted by Crippen LogP contribution is -2.15. The number of carbonyl (C=O) groups excluding carboxylic acids is 1. The molecule has 0 aliphatic carbocycles. The van der Waals surface area contributed by atoms with E-state index in [2.05, 4.69) is 80.7 Å². The van der Waals surface area contributed by atoms with Crippen molar-refractivity contribution in [3.05, 3.63) is 85.1 Å². The van der Waals surface area contributed by atoms with Crippen molar-refractivity contribution in [1.82, 2.24) is 0 Å². The highest BCUT2D eigenvalue weighted by Crippen LogP contribution is 2.13. The molecule has 0 amide bonds. The molecule has 236 valence electrons. The van der Waals surface area contributed by atoms with Crippen LogP contribution in [0.15, 0.2) is 85.1 Å². The molecule has 0 rings (SSSR count). The summed E-state index contributed by atoms with van der Waals surface area (Å²) in [5, 5.41) is 8.74. The van der Waals surface area contributed by atoms with E-state index in [0.717, 1.165) is 89.9 Å². The van der Waals surface area contributed by atoms with Crippen molar-refractivity contribution in [2.45, 2.75) is 142 Å². The third-order valence-corrected chi connectivity index (χ3v) is 6.62. The van der Waals surface area contributed by atoms with Gasteiger partial charge in [-0.05, 0) is 76.7 Å². The van der Waals surface area contributed by atoms with Crippen LogP contribution in [0.25, 0.3) is 0 Å². The lowest BCUT2D eigenvalue weighted by atomic mass is 10.1. The van der Waals surface area contributed by atoms with Crippen molar-refractivity contribution < 1.29 is 19.4 Å². The van der Waals surface area contributed by atoms with Crippen LogP contribution in [-0.2, 0) is 14.3 Å². The van der Waals surface area contributed by atoms with Crippen LogP contribution in [0, 0.1) is 0 Å². The van der Waals surface area contributed by atoms with Crippen LogP contribution in [0.3, 0.4) is 0 Å². The predicted molar refractivity (Wildman–Crippen MR) is 181 cm³/mol. The van der Waals surface area contributed by atoms with Crippen molar-refractivity contribution >= 4 is 11.9 Å². The first-order valence-corrected chi connectivity index (χ1v) is 16.6. The van der Waals surface area contributed by atoms with Crippen LogP contribution in [0.1, 0.15) is 136 Å². The fourth-order valence-electron chi connectivity index (χ4n) is 4.21. The van der Waals surface area contributed by atoms with Gasteiger partial charge < -0.3 is 9.84 Å². The number of carboxylic acid groups (broad SMARTS) is 1. The zero-order valence-electron chi connectivity index (χ0n) is 26.8. The molecule has 0 heterocycles. The van der Waals surface area contributed by atoms with Crippen molar-refractivity contribution in [3.8, 4) is 0 Å². The number of allylic oxidation sites excluding steroid dienone is 12. The molecule has 0 aromatic carbocycles. The summed E-state index contributed by atoms with van der Waals surface area (Å²) >= 11 is 0. The van der Waals surface area contributed by atoms with E-state index in [0.29, 0.717) is 6.42 Å². The van der Waals surface area contributed by atoms with Gasteiger partial charge in [-0.15, -0.1) is 0 Å². The van der Waals surface area contributed by atoms with Gasteiger partial charge in [-0.25, -0.2) is 0 Å². The molecule has 1 N–H and O–H groups in total. The fraction of sp³-hybridized carbons (Fsp3) is 0.579. The van der Waals surface area contributed by atoms with E-state index in [-0.39, 0.29) is 18.5 Å². The molecule has 1 unspecified atom stereocenters. The second kappa shape index (κ2) is 32.6. The molecule has 0 radical (unpaired) electrons. The van der Waals surface area contributed by atoms with Crippen LogP contribution in [0.4, 0.5) is 0 Å². The molecule has 0 fully saturated rings. The number of unbranched alkanes of at least 4 members (excludes halogenated alkanes) is 8. The lowest BCUT2D eigenvalue weighted by Gasteiger charge is -2.14. The molecule has 4 heteroatoms. The average molecular weight is 581 g/mol. The monoisotopic (exact) mass is 580 g/mol. The third-order valence-electron chi connectivity index (χ3n) is 6.62. The summed E-state index contributed by atoms with van der Waals surface area (Å²) in [4.78, 5) is 23.1. The first-order chi connectivity index (χ1) is 20.6. The molecular weight excluding hydrogens is 520 g/mol. The van der Waals surface area contributed by atoms with Crippen molar-refractivity contribution in [3.63, 3.8) is 0 Å².